The van der Waals surface area contributed by atoms with Gasteiger partial charge < -0.3 is 14.6 Å². The maximum atomic E-state index is 10.1. The SMILES string of the molecule is CCc1c(OC)c(OC)cc2c(O)cc(C)cc12. The van der Waals surface area contributed by atoms with Crippen LogP contribution in [0.3, 0.4) is 0 Å². The first-order valence-electron chi connectivity index (χ1n) is 5.99. The number of fused-ring (bicyclic) bond motifs is 1. The number of aromatic hydroxyl groups is 1. The highest BCUT2D eigenvalue weighted by atomic mass is 16.5. The third kappa shape index (κ3) is 1.86. The molecule has 0 saturated heterocycles. The van der Waals surface area contributed by atoms with Gasteiger partial charge in [-0.3, -0.25) is 0 Å². The maximum absolute atomic E-state index is 10.1. The Morgan fingerprint density at radius 1 is 1.06 bits per heavy atom. The van der Waals surface area contributed by atoms with E-state index < -0.39 is 0 Å². The number of hydrogen-bond donors (Lipinski definition) is 1. The molecule has 2 aromatic carbocycles. The van der Waals surface area contributed by atoms with Gasteiger partial charge in [-0.1, -0.05) is 13.0 Å². The zero-order chi connectivity index (χ0) is 13.3. The van der Waals surface area contributed by atoms with Crippen molar-refractivity contribution in [3.05, 3.63) is 29.3 Å². The number of phenols is 1. The monoisotopic (exact) mass is 246 g/mol. The Labute approximate surface area is 107 Å². The summed E-state index contributed by atoms with van der Waals surface area (Å²) in [5.74, 6) is 1.68. The van der Waals surface area contributed by atoms with E-state index in [0.717, 1.165) is 34.1 Å². The van der Waals surface area contributed by atoms with Gasteiger partial charge in [0.15, 0.2) is 11.5 Å². The van der Waals surface area contributed by atoms with Crippen LogP contribution in [0.25, 0.3) is 10.8 Å². The molecule has 2 rings (SSSR count). The number of ether oxygens (including phenoxy) is 2. The van der Waals surface area contributed by atoms with Crippen LogP contribution in [0.4, 0.5) is 0 Å². The molecule has 0 aromatic heterocycles. The minimum Gasteiger partial charge on any atom is -0.507 e. The number of rotatable bonds is 3. The van der Waals surface area contributed by atoms with E-state index in [2.05, 4.69) is 13.0 Å². The number of phenolic OH excluding ortho intramolecular Hbond substituents is 1. The molecular formula is C15H18O3. The van der Waals surface area contributed by atoms with Gasteiger partial charge in [-0.25, -0.2) is 0 Å². The highest BCUT2D eigenvalue weighted by molar-refractivity contribution is 5.94. The number of methoxy groups -OCH3 is 2. The van der Waals surface area contributed by atoms with Crippen molar-refractivity contribution in [3.63, 3.8) is 0 Å². The highest BCUT2D eigenvalue weighted by Crippen LogP contribution is 2.41. The fourth-order valence-corrected chi connectivity index (χ4v) is 2.37. The smallest absolute Gasteiger partial charge is 0.164 e. The van der Waals surface area contributed by atoms with Gasteiger partial charge in [-0.15, -0.1) is 0 Å². The summed E-state index contributed by atoms with van der Waals surface area (Å²) in [6.07, 6.45) is 0.819. The topological polar surface area (TPSA) is 38.7 Å². The lowest BCUT2D eigenvalue weighted by Crippen LogP contribution is -1.97. The van der Waals surface area contributed by atoms with Crippen molar-refractivity contribution >= 4 is 10.8 Å². The summed E-state index contributed by atoms with van der Waals surface area (Å²) < 4.78 is 10.8. The Balaban J connectivity index is 2.92. The molecule has 3 heteroatoms. The molecule has 0 aliphatic carbocycles. The molecule has 0 fully saturated rings. The van der Waals surface area contributed by atoms with Crippen molar-refractivity contribution in [2.45, 2.75) is 20.3 Å². The Morgan fingerprint density at radius 3 is 2.33 bits per heavy atom. The van der Waals surface area contributed by atoms with Crippen LogP contribution in [0.2, 0.25) is 0 Å². The minimum absolute atomic E-state index is 0.278. The zero-order valence-electron chi connectivity index (χ0n) is 11.2. The molecule has 0 aliphatic heterocycles. The predicted octanol–water partition coefficient (Wildman–Crippen LogP) is 3.43. The van der Waals surface area contributed by atoms with Gasteiger partial charge in [0.1, 0.15) is 5.75 Å². The van der Waals surface area contributed by atoms with Gasteiger partial charge in [0.05, 0.1) is 14.2 Å². The van der Waals surface area contributed by atoms with Gasteiger partial charge >= 0.3 is 0 Å². The third-order valence-corrected chi connectivity index (χ3v) is 3.18. The zero-order valence-corrected chi connectivity index (χ0v) is 11.2. The van der Waals surface area contributed by atoms with Crippen molar-refractivity contribution in [3.8, 4) is 17.2 Å². The molecule has 0 atom stereocenters. The fraction of sp³-hybridized carbons (Fsp3) is 0.333. The molecule has 2 aromatic rings. The van der Waals surface area contributed by atoms with Crippen molar-refractivity contribution in [2.75, 3.05) is 14.2 Å². The first kappa shape index (κ1) is 12.6. The second-order valence-electron chi connectivity index (χ2n) is 4.32. The molecule has 0 amide bonds. The maximum Gasteiger partial charge on any atom is 0.164 e. The van der Waals surface area contributed by atoms with Gasteiger partial charge in [0.25, 0.3) is 0 Å². The molecule has 0 aliphatic rings. The fourth-order valence-electron chi connectivity index (χ4n) is 2.37. The summed E-state index contributed by atoms with van der Waals surface area (Å²) in [5, 5.41) is 11.9. The van der Waals surface area contributed by atoms with Gasteiger partial charge in [-0.05, 0) is 36.4 Å². The summed E-state index contributed by atoms with van der Waals surface area (Å²) in [6.45, 7) is 4.03. The van der Waals surface area contributed by atoms with Crippen LogP contribution in [-0.4, -0.2) is 19.3 Å². The first-order chi connectivity index (χ1) is 8.62. The largest absolute Gasteiger partial charge is 0.507 e. The quantitative estimate of drug-likeness (QED) is 0.901. The van der Waals surface area contributed by atoms with Crippen molar-refractivity contribution in [1.29, 1.82) is 0 Å². The van der Waals surface area contributed by atoms with Crippen LogP contribution in [-0.2, 0) is 6.42 Å². The molecule has 18 heavy (non-hydrogen) atoms. The van der Waals surface area contributed by atoms with Crippen molar-refractivity contribution < 1.29 is 14.6 Å². The van der Waals surface area contributed by atoms with E-state index >= 15 is 0 Å². The van der Waals surface area contributed by atoms with Crippen molar-refractivity contribution in [2.24, 2.45) is 0 Å². The molecule has 96 valence electrons. The summed E-state index contributed by atoms with van der Waals surface area (Å²) >= 11 is 0. The molecule has 0 heterocycles. The highest BCUT2D eigenvalue weighted by Gasteiger charge is 2.15. The lowest BCUT2D eigenvalue weighted by Gasteiger charge is -2.16. The summed E-state index contributed by atoms with van der Waals surface area (Å²) in [5.41, 5.74) is 2.09. The second-order valence-corrected chi connectivity index (χ2v) is 4.32. The number of aryl methyl sites for hydroxylation is 2. The molecule has 0 saturated carbocycles. The Hall–Kier alpha value is -1.90. The second kappa shape index (κ2) is 4.77. The molecule has 0 spiro atoms. The molecule has 1 N–H and O–H groups in total. The molecular weight excluding hydrogens is 228 g/mol. The third-order valence-electron chi connectivity index (χ3n) is 3.18. The number of hydrogen-bond acceptors (Lipinski definition) is 3. The van der Waals surface area contributed by atoms with Gasteiger partial charge in [-0.2, -0.15) is 0 Å². The Morgan fingerprint density at radius 2 is 1.78 bits per heavy atom. The molecule has 0 bridgehead atoms. The lowest BCUT2D eigenvalue weighted by molar-refractivity contribution is 0.353. The van der Waals surface area contributed by atoms with E-state index in [1.807, 2.05) is 13.0 Å². The Kier molecular flexibility index (Phi) is 3.32. The predicted molar refractivity (Wildman–Crippen MR) is 72.8 cm³/mol. The average molecular weight is 246 g/mol. The van der Waals surface area contributed by atoms with E-state index in [9.17, 15) is 5.11 Å². The molecule has 3 nitrogen and oxygen atoms in total. The standard InChI is InChI=1S/C15H18O3/c1-5-10-11-6-9(2)7-13(16)12(11)8-14(17-3)15(10)18-4/h6-8,16H,5H2,1-4H3. The van der Waals surface area contributed by atoms with Crippen LogP contribution in [0, 0.1) is 6.92 Å². The van der Waals surface area contributed by atoms with Crippen molar-refractivity contribution in [1.82, 2.24) is 0 Å². The summed E-state index contributed by atoms with van der Waals surface area (Å²) in [7, 11) is 3.24. The minimum atomic E-state index is 0.278. The van der Waals surface area contributed by atoms with Crippen LogP contribution < -0.4 is 9.47 Å². The van der Waals surface area contributed by atoms with Crippen LogP contribution in [0.1, 0.15) is 18.1 Å². The Bertz CT molecular complexity index is 588. The summed E-state index contributed by atoms with van der Waals surface area (Å²) in [4.78, 5) is 0. The van der Waals surface area contributed by atoms with E-state index in [-0.39, 0.29) is 5.75 Å². The van der Waals surface area contributed by atoms with E-state index in [0.29, 0.717) is 5.75 Å². The molecule has 0 radical (unpaired) electrons. The van der Waals surface area contributed by atoms with E-state index in [1.165, 1.54) is 0 Å². The van der Waals surface area contributed by atoms with Crippen LogP contribution in [0.15, 0.2) is 18.2 Å². The first-order valence-corrected chi connectivity index (χ1v) is 5.99. The van der Waals surface area contributed by atoms with Crippen LogP contribution in [0.5, 0.6) is 17.2 Å². The van der Waals surface area contributed by atoms with Gasteiger partial charge in [0.2, 0.25) is 0 Å². The number of benzene rings is 2. The van der Waals surface area contributed by atoms with Crippen LogP contribution >= 0.6 is 0 Å². The normalized spacial score (nSPS) is 10.7. The van der Waals surface area contributed by atoms with E-state index in [1.54, 1.807) is 20.3 Å². The summed E-state index contributed by atoms with van der Waals surface area (Å²) in [6, 6.07) is 5.64. The molecule has 0 unspecified atom stereocenters. The van der Waals surface area contributed by atoms with Gasteiger partial charge in [0, 0.05) is 10.9 Å². The lowest BCUT2D eigenvalue weighted by atomic mass is 9.98. The average Bonchev–Trinajstić information content (AvgIpc) is 2.36. The van der Waals surface area contributed by atoms with E-state index in [4.69, 9.17) is 9.47 Å².